The van der Waals surface area contributed by atoms with Gasteiger partial charge in [0.05, 0.1) is 56.1 Å². The molecule has 6 aromatic carbocycles. The Morgan fingerprint density at radius 3 is 1.81 bits per heavy atom. The van der Waals surface area contributed by atoms with E-state index >= 15 is 0 Å². The summed E-state index contributed by atoms with van der Waals surface area (Å²) in [5.41, 5.74) is -1.20. The van der Waals surface area contributed by atoms with Gasteiger partial charge in [-0.3, -0.25) is 23.8 Å². The van der Waals surface area contributed by atoms with Gasteiger partial charge < -0.3 is 26.2 Å². The highest BCUT2D eigenvalue weighted by molar-refractivity contribution is 7.95. The number of phenols is 2. The fourth-order valence-corrected chi connectivity index (χ4v) is 9.17. The third-order valence-electron chi connectivity index (χ3n) is 9.01. The van der Waals surface area contributed by atoms with Crippen molar-refractivity contribution in [1.82, 2.24) is 0 Å². The van der Waals surface area contributed by atoms with E-state index in [0.717, 1.165) is 42.5 Å². The van der Waals surface area contributed by atoms with Crippen LogP contribution in [0.15, 0.2) is 122 Å². The number of carboxylic acid groups (broad SMARTS) is 2. The summed E-state index contributed by atoms with van der Waals surface area (Å²) in [5.74, 6) is -5.62. The number of aromatic carboxylic acids is 2. The van der Waals surface area contributed by atoms with Crippen LogP contribution in [0.1, 0.15) is 20.7 Å². The minimum absolute atomic E-state index is 0.00806. The average molecular weight is 1070 g/mol. The number of fused-ring (bicyclic) bond motifs is 2. The molecule has 0 aliphatic rings. The summed E-state index contributed by atoms with van der Waals surface area (Å²) in [4.78, 5) is 29.9. The van der Waals surface area contributed by atoms with Gasteiger partial charge in [0.2, 0.25) is 0 Å². The number of carboxylic acids is 2. The Balaban J connectivity index is 1.57. The average Bonchev–Trinajstić information content (AvgIpc) is 3.27. The zero-order valence-electron chi connectivity index (χ0n) is 33.3. The first kappa shape index (κ1) is 52.0. The molecule has 0 heterocycles. The number of nitro groups is 1. The van der Waals surface area contributed by atoms with Crippen molar-refractivity contribution < 1.29 is 103 Å². The van der Waals surface area contributed by atoms with Crippen LogP contribution in [0.2, 0.25) is 0 Å². The van der Waals surface area contributed by atoms with E-state index in [1.165, 1.54) is 6.07 Å². The van der Waals surface area contributed by atoms with E-state index in [1.54, 1.807) is 0 Å². The van der Waals surface area contributed by atoms with Gasteiger partial charge in [-0.1, -0.05) is 10.1 Å². The van der Waals surface area contributed by atoms with Gasteiger partial charge >= 0.3 is 11.9 Å². The zero-order chi connectivity index (χ0) is 51.6. The number of nitrogens with zero attached hydrogens (tertiary/aromatic N) is 7. The van der Waals surface area contributed by atoms with E-state index in [4.69, 9.17) is 16.2 Å². The van der Waals surface area contributed by atoms with Gasteiger partial charge in [-0.2, -0.15) is 25.3 Å². The number of nitrogen functional groups attached to an aromatic ring is 1. The molecule has 6 aromatic rings. The zero-order valence-corrected chi connectivity index (χ0v) is 37.4. The third kappa shape index (κ3) is 10.9. The maximum atomic E-state index is 13.0. The van der Waals surface area contributed by atoms with Crippen molar-refractivity contribution in [2.75, 3.05) is 5.73 Å². The Morgan fingerprint density at radius 1 is 0.614 bits per heavy atom. The Kier molecular flexibility index (Phi) is 15.0. The molecule has 0 aliphatic heterocycles. The molecule has 366 valence electrons. The molecular weight excluding hydrogens is 1050 g/mol. The lowest BCUT2D eigenvalue weighted by molar-refractivity contribution is -0.432. The van der Waals surface area contributed by atoms with Gasteiger partial charge in [-0.25, -0.2) is 20.1 Å². The second-order valence-corrected chi connectivity index (χ2v) is 18.8. The third-order valence-corrected chi connectivity index (χ3v) is 12.9. The van der Waals surface area contributed by atoms with Gasteiger partial charge in [0, 0.05) is 27.1 Å². The molecule has 0 saturated carbocycles. The standard InChI is InChI=1S/C34H22N8O23S5/c35-27-21(11-24(68(53,54)55)17-9-23(67-65-63-52)28(31(44)26(17)27)40-36-18-5-2-13(66-64-62-51)8-22(18)42(49)50)39-37-19-6-4-14-16(32(19)70(59,60)61)10-25(69(56,57)58)29(30(14)43)41-38-20-7-12(33(45)46)1-3-15(20)34(47)48/h1-11,43-44,51-52H,35H2,(H,45,46)(H,47,48)(H,53,54,55)(H,56,57,58)(H,59,60,61). The van der Waals surface area contributed by atoms with Crippen LogP contribution in [-0.4, -0.2) is 86.7 Å². The molecule has 0 bridgehead atoms. The van der Waals surface area contributed by atoms with Crippen molar-refractivity contribution in [3.8, 4) is 11.5 Å². The summed E-state index contributed by atoms with van der Waals surface area (Å²) < 4.78 is 116. The highest BCUT2D eigenvalue weighted by Gasteiger charge is 2.30. The predicted molar refractivity (Wildman–Crippen MR) is 232 cm³/mol. The SMILES string of the molecule is Nc1c(N=Nc2ccc3c(O)c(N=Nc4cc(C(=O)O)ccc4C(=O)O)c(S(=O)(=O)O)cc3c2S(=O)(=O)O)cc(S(=O)(=O)O)c2cc(SOOO)c(N=Nc3ccc(SOOO)cc3[N+](=O)[O-])c(O)c12. The molecule has 0 unspecified atom stereocenters. The number of carbonyl (C=O) groups is 2. The highest BCUT2D eigenvalue weighted by atomic mass is 32.2. The van der Waals surface area contributed by atoms with E-state index in [9.17, 15) is 79.0 Å². The summed E-state index contributed by atoms with van der Waals surface area (Å²) in [7, 11) is -16.6. The van der Waals surface area contributed by atoms with Crippen LogP contribution in [0.3, 0.4) is 0 Å². The number of anilines is 1. The Bertz CT molecular complexity index is 3650. The predicted octanol–water partition coefficient (Wildman–Crippen LogP) is 8.13. The summed E-state index contributed by atoms with van der Waals surface area (Å²) in [6.45, 7) is 0. The van der Waals surface area contributed by atoms with Gasteiger partial charge in [0.25, 0.3) is 36.0 Å². The fourth-order valence-electron chi connectivity index (χ4n) is 6.13. The summed E-state index contributed by atoms with van der Waals surface area (Å²) in [5, 5.41) is 96.9. The summed E-state index contributed by atoms with van der Waals surface area (Å²) in [6.07, 6.45) is 0. The lowest BCUT2D eigenvalue weighted by Gasteiger charge is -2.15. The highest BCUT2D eigenvalue weighted by Crippen LogP contribution is 2.51. The quantitative estimate of drug-likeness (QED) is 0.00738. The molecule has 11 N–H and O–H groups in total. The Labute approximate surface area is 395 Å². The fraction of sp³-hybridized carbons (Fsp3) is 0. The van der Waals surface area contributed by atoms with Crippen LogP contribution in [0, 0.1) is 10.1 Å². The second-order valence-electron chi connectivity index (χ2n) is 13.1. The molecular formula is C34H22N8O23S5. The second kappa shape index (κ2) is 20.3. The van der Waals surface area contributed by atoms with Gasteiger partial charge in [0.1, 0.15) is 43.1 Å². The molecule has 0 spiro atoms. The van der Waals surface area contributed by atoms with Gasteiger partial charge in [0.15, 0.2) is 17.2 Å². The number of nitro benzene ring substituents is 1. The van der Waals surface area contributed by atoms with Crippen LogP contribution in [-0.2, 0) is 49.1 Å². The molecule has 0 aliphatic carbocycles. The monoisotopic (exact) mass is 1070 g/mol. The van der Waals surface area contributed by atoms with Crippen molar-refractivity contribution >= 4 is 133 Å². The first-order valence-electron chi connectivity index (χ1n) is 17.6. The number of azo groups is 3. The van der Waals surface area contributed by atoms with Crippen LogP contribution in [0.4, 0.5) is 45.5 Å². The smallest absolute Gasteiger partial charge is 0.337 e. The Hall–Kier alpha value is -7.43. The number of phenolic OH excluding ortho intramolecular Hbond substituents is 2. The molecule has 0 radical (unpaired) electrons. The molecule has 31 nitrogen and oxygen atoms in total. The minimum atomic E-state index is -5.64. The van der Waals surface area contributed by atoms with Crippen LogP contribution < -0.4 is 5.73 Å². The van der Waals surface area contributed by atoms with Crippen LogP contribution in [0.5, 0.6) is 11.5 Å². The number of hydrogen-bond acceptors (Lipinski definition) is 27. The van der Waals surface area contributed by atoms with Crippen molar-refractivity contribution in [3.63, 3.8) is 0 Å². The van der Waals surface area contributed by atoms with E-state index < -0.39 is 156 Å². The topological polar surface area (TPSA) is 499 Å². The van der Waals surface area contributed by atoms with Gasteiger partial charge in [-0.05, 0) is 60.7 Å². The lowest BCUT2D eigenvalue weighted by atomic mass is 10.0. The first-order valence-corrected chi connectivity index (χ1v) is 23.4. The van der Waals surface area contributed by atoms with Crippen LogP contribution >= 0.6 is 24.1 Å². The number of rotatable bonds is 18. The summed E-state index contributed by atoms with van der Waals surface area (Å²) in [6, 6.07) is 8.82. The molecule has 0 atom stereocenters. The number of aromatic hydroxyl groups is 2. The molecule has 0 saturated heterocycles. The number of nitrogens with two attached hydrogens (primary N) is 1. The largest absolute Gasteiger partial charge is 0.505 e. The Morgan fingerprint density at radius 2 is 1.21 bits per heavy atom. The maximum absolute atomic E-state index is 13.0. The molecule has 0 fully saturated rings. The van der Waals surface area contributed by atoms with E-state index in [1.807, 2.05) is 0 Å². The van der Waals surface area contributed by atoms with Crippen molar-refractivity contribution in [1.29, 1.82) is 0 Å². The minimum Gasteiger partial charge on any atom is -0.505 e. The van der Waals surface area contributed by atoms with Crippen molar-refractivity contribution in [2.24, 2.45) is 30.7 Å². The first-order chi connectivity index (χ1) is 32.8. The summed E-state index contributed by atoms with van der Waals surface area (Å²) >= 11 is 0.387. The normalized spacial score (nSPS) is 12.5. The number of benzene rings is 6. The van der Waals surface area contributed by atoms with E-state index in [2.05, 4.69) is 49.4 Å². The molecule has 36 heteroatoms. The molecule has 6 rings (SSSR count). The van der Waals surface area contributed by atoms with E-state index in [0.29, 0.717) is 30.2 Å². The maximum Gasteiger partial charge on any atom is 0.337 e. The molecule has 70 heavy (non-hydrogen) atoms. The molecule has 0 amide bonds. The van der Waals surface area contributed by atoms with E-state index in [-0.39, 0.29) is 16.9 Å². The lowest BCUT2D eigenvalue weighted by Crippen LogP contribution is -2.03. The molecule has 0 aromatic heterocycles. The van der Waals surface area contributed by atoms with Crippen molar-refractivity contribution in [3.05, 3.63) is 88.0 Å². The van der Waals surface area contributed by atoms with Gasteiger partial charge in [-0.15, -0.1) is 39.4 Å². The van der Waals surface area contributed by atoms with Crippen molar-refractivity contribution in [2.45, 2.75) is 24.5 Å². The van der Waals surface area contributed by atoms with Crippen LogP contribution in [0.25, 0.3) is 21.5 Å². The number of hydrogen-bond donors (Lipinski definition) is 10.